The number of para-hydroxylation sites is 2. The van der Waals surface area contributed by atoms with Crippen molar-refractivity contribution in [2.45, 2.75) is 6.42 Å². The first-order valence-corrected chi connectivity index (χ1v) is 12.2. The van der Waals surface area contributed by atoms with Crippen molar-refractivity contribution in [1.82, 2.24) is 9.78 Å². The number of aromatic nitrogens is 2. The van der Waals surface area contributed by atoms with Crippen LogP contribution in [-0.4, -0.2) is 40.5 Å². The first kappa shape index (κ1) is 25.9. The molecule has 0 radical (unpaired) electrons. The van der Waals surface area contributed by atoms with Gasteiger partial charge in [0.1, 0.15) is 5.69 Å². The number of nitrogens with one attached hydrogen (secondary N) is 2. The first-order chi connectivity index (χ1) is 19.4. The minimum atomic E-state index is -1.62. The summed E-state index contributed by atoms with van der Waals surface area (Å²) in [6.07, 6.45) is 0.324. The summed E-state index contributed by atoms with van der Waals surface area (Å²) < 4.78 is 6.20. The van der Waals surface area contributed by atoms with Crippen molar-refractivity contribution in [3.8, 4) is 23.0 Å². The second kappa shape index (κ2) is 10.9. The molecule has 1 unspecified atom stereocenters. The Balaban J connectivity index is 1.57. The standard InChI is InChI=1S/C30H21N5O5/c1-40-30(39)25(17-36)32-20-13-12-18-14-23-26(28(37)24(16-31)29(38)33-19-8-4-2-5-9-19)34-35(27(23)22(18)15-20)21-10-6-3-7-11-21/h2-13,15,24,32H,14H2,1H3,(H,33,38). The van der Waals surface area contributed by atoms with Crippen molar-refractivity contribution in [3.63, 3.8) is 0 Å². The highest BCUT2D eigenvalue weighted by Crippen LogP contribution is 2.41. The largest absolute Gasteiger partial charge is 0.464 e. The number of hydrogen-bond acceptors (Lipinski definition) is 8. The number of methoxy groups -OCH3 is 1. The van der Waals surface area contributed by atoms with Crippen molar-refractivity contribution in [3.05, 3.63) is 101 Å². The van der Waals surface area contributed by atoms with Crippen molar-refractivity contribution in [1.29, 1.82) is 5.26 Å². The summed E-state index contributed by atoms with van der Waals surface area (Å²) in [7, 11) is 1.15. The van der Waals surface area contributed by atoms with Gasteiger partial charge in [-0.15, -0.1) is 0 Å². The molecule has 0 spiro atoms. The number of Topliss-reactive ketones (excluding diaryl/α,β-unsaturated/α-hetero) is 1. The van der Waals surface area contributed by atoms with E-state index in [0.29, 0.717) is 40.3 Å². The Morgan fingerprint density at radius 1 is 0.975 bits per heavy atom. The van der Waals surface area contributed by atoms with E-state index in [1.807, 2.05) is 36.4 Å². The molecule has 1 amide bonds. The van der Waals surface area contributed by atoms with Crippen LogP contribution in [0.4, 0.5) is 11.4 Å². The number of amides is 1. The van der Waals surface area contributed by atoms with Gasteiger partial charge < -0.3 is 15.4 Å². The van der Waals surface area contributed by atoms with Gasteiger partial charge in [0, 0.05) is 28.9 Å². The number of ketones is 1. The van der Waals surface area contributed by atoms with Crippen molar-refractivity contribution >= 4 is 35.0 Å². The highest BCUT2D eigenvalue weighted by atomic mass is 16.5. The van der Waals surface area contributed by atoms with Crippen LogP contribution in [0.25, 0.3) is 16.9 Å². The quantitative estimate of drug-likeness (QED) is 0.101. The fourth-order valence-corrected chi connectivity index (χ4v) is 4.54. The molecule has 5 rings (SSSR count). The van der Waals surface area contributed by atoms with Crippen LogP contribution in [0.2, 0.25) is 0 Å². The molecule has 10 heteroatoms. The fourth-order valence-electron chi connectivity index (χ4n) is 4.54. The van der Waals surface area contributed by atoms with E-state index in [1.54, 1.807) is 59.2 Å². The number of rotatable bonds is 8. The third-order valence-corrected chi connectivity index (χ3v) is 6.41. The van der Waals surface area contributed by atoms with Crippen molar-refractivity contribution in [2.24, 2.45) is 5.92 Å². The van der Waals surface area contributed by atoms with Gasteiger partial charge in [-0.2, -0.15) is 10.4 Å². The van der Waals surface area contributed by atoms with Crippen LogP contribution >= 0.6 is 0 Å². The lowest BCUT2D eigenvalue weighted by Crippen LogP contribution is -2.29. The van der Waals surface area contributed by atoms with E-state index in [-0.39, 0.29) is 5.69 Å². The lowest BCUT2D eigenvalue weighted by Gasteiger charge is -2.11. The topological polar surface area (TPSA) is 143 Å². The number of ether oxygens (including phenoxy) is 1. The predicted molar refractivity (Wildman–Crippen MR) is 145 cm³/mol. The van der Waals surface area contributed by atoms with Gasteiger partial charge in [-0.25, -0.2) is 14.3 Å². The van der Waals surface area contributed by atoms with Gasteiger partial charge >= 0.3 is 5.97 Å². The Hall–Kier alpha value is -5.78. The van der Waals surface area contributed by atoms with Crippen LogP contribution in [0.1, 0.15) is 21.6 Å². The van der Waals surface area contributed by atoms with Gasteiger partial charge in [0.2, 0.25) is 17.4 Å². The van der Waals surface area contributed by atoms with E-state index >= 15 is 0 Å². The molecule has 2 N–H and O–H groups in total. The van der Waals surface area contributed by atoms with Crippen molar-refractivity contribution in [2.75, 3.05) is 17.7 Å². The molecule has 0 saturated heterocycles. The second-order valence-corrected chi connectivity index (χ2v) is 8.85. The summed E-state index contributed by atoms with van der Waals surface area (Å²) in [4.78, 5) is 49.7. The Kier molecular flexibility index (Phi) is 7.05. The van der Waals surface area contributed by atoms with Crippen LogP contribution in [-0.2, 0) is 25.5 Å². The Labute approximate surface area is 228 Å². The zero-order valence-corrected chi connectivity index (χ0v) is 21.2. The van der Waals surface area contributed by atoms with Crippen LogP contribution in [0.5, 0.6) is 0 Å². The molecule has 0 aliphatic heterocycles. The highest BCUT2D eigenvalue weighted by molar-refractivity contribution is 6.16. The maximum atomic E-state index is 13.7. The lowest BCUT2D eigenvalue weighted by atomic mass is 9.98. The zero-order chi connectivity index (χ0) is 28.2. The molecule has 0 fully saturated rings. The Morgan fingerprint density at radius 2 is 1.68 bits per heavy atom. The molecule has 4 aromatic rings. The summed E-state index contributed by atoms with van der Waals surface area (Å²) in [5.41, 5.74) is 3.88. The lowest BCUT2D eigenvalue weighted by molar-refractivity contribution is -0.135. The molecule has 1 atom stereocenters. The van der Waals surface area contributed by atoms with E-state index < -0.39 is 29.3 Å². The monoisotopic (exact) mass is 531 g/mol. The molecule has 1 aliphatic carbocycles. The predicted octanol–water partition coefficient (Wildman–Crippen LogP) is 3.71. The number of carbonyl (C=O) groups is 3. The van der Waals surface area contributed by atoms with E-state index in [0.717, 1.165) is 12.7 Å². The molecule has 3 aromatic carbocycles. The van der Waals surface area contributed by atoms with E-state index in [1.165, 1.54) is 0 Å². The number of anilines is 2. The maximum Gasteiger partial charge on any atom is 0.366 e. The molecule has 40 heavy (non-hydrogen) atoms. The second-order valence-electron chi connectivity index (χ2n) is 8.85. The number of benzene rings is 3. The number of esters is 1. The molecule has 1 aliphatic rings. The summed E-state index contributed by atoms with van der Waals surface area (Å²) in [6.45, 7) is 0. The van der Waals surface area contributed by atoms with E-state index in [4.69, 9.17) is 0 Å². The summed E-state index contributed by atoms with van der Waals surface area (Å²) in [6, 6.07) is 24.7. The smallest absolute Gasteiger partial charge is 0.366 e. The fraction of sp³-hybridized carbons (Fsp3) is 0.100. The number of nitriles is 1. The molecule has 1 heterocycles. The highest BCUT2D eigenvalue weighted by Gasteiger charge is 2.36. The molecular formula is C30H21N5O5. The molecule has 196 valence electrons. The third kappa shape index (κ3) is 4.76. The van der Waals surface area contributed by atoms with Gasteiger partial charge in [0.25, 0.3) is 0 Å². The van der Waals surface area contributed by atoms with E-state index in [9.17, 15) is 24.4 Å². The van der Waals surface area contributed by atoms with Crippen LogP contribution in [0, 0.1) is 17.2 Å². The average Bonchev–Trinajstić information content (AvgIpc) is 3.54. The minimum Gasteiger partial charge on any atom is -0.464 e. The van der Waals surface area contributed by atoms with Crippen LogP contribution in [0.15, 0.2) is 84.6 Å². The third-order valence-electron chi connectivity index (χ3n) is 6.41. The molecule has 0 saturated carbocycles. The minimum absolute atomic E-state index is 0.0161. The number of fused-ring (bicyclic) bond motifs is 3. The van der Waals surface area contributed by atoms with Crippen LogP contribution < -0.4 is 10.6 Å². The molecule has 10 nitrogen and oxygen atoms in total. The van der Waals surface area contributed by atoms with Gasteiger partial charge in [-0.05, 0) is 42.0 Å². The van der Waals surface area contributed by atoms with Gasteiger partial charge in [-0.3, -0.25) is 9.59 Å². The first-order valence-electron chi connectivity index (χ1n) is 12.2. The van der Waals surface area contributed by atoms with Gasteiger partial charge in [0.05, 0.1) is 24.6 Å². The SMILES string of the molecule is COC(=O)C(=C=O)Nc1ccc2c(c1)-c1c(c(C(=O)C(C#N)C(=O)Nc3ccccc3)nn1-c1ccccc1)C2. The zero-order valence-electron chi connectivity index (χ0n) is 21.2. The summed E-state index contributed by atoms with van der Waals surface area (Å²) >= 11 is 0. The summed E-state index contributed by atoms with van der Waals surface area (Å²) in [5.74, 6) is -2.41. The molecular weight excluding hydrogens is 510 g/mol. The number of hydrogen-bond donors (Lipinski definition) is 2. The van der Waals surface area contributed by atoms with E-state index in [2.05, 4.69) is 20.5 Å². The number of nitrogens with zero attached hydrogens (tertiary/aromatic N) is 3. The van der Waals surface area contributed by atoms with Gasteiger partial charge in [0.15, 0.2) is 11.9 Å². The Bertz CT molecular complexity index is 1730. The van der Waals surface area contributed by atoms with Crippen LogP contribution in [0.3, 0.4) is 0 Å². The molecule has 1 aromatic heterocycles. The van der Waals surface area contributed by atoms with Crippen molar-refractivity contribution < 1.29 is 23.9 Å². The molecule has 0 bridgehead atoms. The Morgan fingerprint density at radius 3 is 2.33 bits per heavy atom. The average molecular weight is 532 g/mol. The maximum absolute atomic E-state index is 13.7. The normalized spacial score (nSPS) is 11.7. The number of carbonyl (C=O) groups excluding carboxylic acids is 4. The summed E-state index contributed by atoms with van der Waals surface area (Å²) in [5, 5.41) is 19.7. The van der Waals surface area contributed by atoms with Gasteiger partial charge in [-0.1, -0.05) is 42.5 Å².